The molecule has 1 aliphatic heterocycles. The van der Waals surface area contributed by atoms with Crippen LogP contribution >= 0.6 is 24.0 Å². The summed E-state index contributed by atoms with van der Waals surface area (Å²) in [6, 6.07) is 3.90. The molecule has 1 aliphatic rings. The van der Waals surface area contributed by atoms with Gasteiger partial charge in [-0.3, -0.25) is 0 Å². The quantitative estimate of drug-likeness (QED) is 0.208. The Morgan fingerprint density at radius 1 is 1.29 bits per heavy atom. The van der Waals surface area contributed by atoms with Gasteiger partial charge >= 0.3 is 0 Å². The van der Waals surface area contributed by atoms with Crippen LogP contribution in [0.5, 0.6) is 5.88 Å². The Labute approximate surface area is 186 Å². The molecule has 0 atom stereocenters. The number of aliphatic imine (C=N–C) groups is 1. The maximum Gasteiger partial charge on any atom is 0.218 e. The van der Waals surface area contributed by atoms with Gasteiger partial charge in [-0.25, -0.2) is 9.98 Å². The molecule has 160 valence electrons. The molecule has 2 N–H and O–H groups in total. The summed E-state index contributed by atoms with van der Waals surface area (Å²) in [6.07, 6.45) is 4.92. The van der Waals surface area contributed by atoms with Gasteiger partial charge in [0.25, 0.3) is 0 Å². The number of nitrogens with zero attached hydrogens (tertiary/aromatic N) is 2. The van der Waals surface area contributed by atoms with Crippen molar-refractivity contribution >= 4 is 29.9 Å². The van der Waals surface area contributed by atoms with Gasteiger partial charge in [-0.2, -0.15) is 0 Å². The molecule has 1 aromatic rings. The predicted octanol–water partition coefficient (Wildman–Crippen LogP) is 2.99. The normalized spacial score (nSPS) is 15.0. The van der Waals surface area contributed by atoms with Crippen molar-refractivity contribution in [2.45, 2.75) is 39.7 Å². The van der Waals surface area contributed by atoms with Crippen molar-refractivity contribution in [1.29, 1.82) is 0 Å². The first-order valence-corrected chi connectivity index (χ1v) is 10.1. The van der Waals surface area contributed by atoms with Gasteiger partial charge < -0.3 is 24.8 Å². The lowest BCUT2D eigenvalue weighted by Crippen LogP contribution is -2.38. The van der Waals surface area contributed by atoms with Crippen molar-refractivity contribution in [3.63, 3.8) is 0 Å². The molecular formula is C20H35IN4O3. The predicted molar refractivity (Wildman–Crippen MR) is 123 cm³/mol. The van der Waals surface area contributed by atoms with Crippen molar-refractivity contribution in [1.82, 2.24) is 15.6 Å². The van der Waals surface area contributed by atoms with E-state index in [2.05, 4.69) is 27.5 Å². The van der Waals surface area contributed by atoms with Crippen LogP contribution in [0.1, 0.15) is 38.7 Å². The van der Waals surface area contributed by atoms with E-state index in [0.29, 0.717) is 24.9 Å². The molecule has 2 rings (SSSR count). The summed E-state index contributed by atoms with van der Waals surface area (Å²) in [6.45, 7) is 10.1. The van der Waals surface area contributed by atoms with Crippen molar-refractivity contribution in [3.05, 3.63) is 23.9 Å². The molecule has 28 heavy (non-hydrogen) atoms. The molecular weight excluding hydrogens is 471 g/mol. The van der Waals surface area contributed by atoms with E-state index in [0.717, 1.165) is 70.3 Å². The highest BCUT2D eigenvalue weighted by Gasteiger charge is 2.13. The number of nitrogens with one attached hydrogen (secondary N) is 2. The smallest absolute Gasteiger partial charge is 0.218 e. The zero-order chi connectivity index (χ0) is 19.2. The Hall–Kier alpha value is -1.13. The molecule has 1 fully saturated rings. The van der Waals surface area contributed by atoms with E-state index in [1.807, 2.05) is 19.1 Å². The van der Waals surface area contributed by atoms with Gasteiger partial charge in [0.1, 0.15) is 0 Å². The first kappa shape index (κ1) is 24.9. The molecule has 0 radical (unpaired) electrons. The fourth-order valence-corrected chi connectivity index (χ4v) is 2.86. The van der Waals surface area contributed by atoms with Gasteiger partial charge in [0, 0.05) is 51.3 Å². The third-order valence-electron chi connectivity index (χ3n) is 4.34. The molecule has 0 aliphatic carbocycles. The molecule has 0 aromatic carbocycles. The van der Waals surface area contributed by atoms with Crippen molar-refractivity contribution in [2.24, 2.45) is 10.9 Å². The van der Waals surface area contributed by atoms with Gasteiger partial charge in [-0.1, -0.05) is 6.07 Å². The lowest BCUT2D eigenvalue weighted by Gasteiger charge is -2.21. The summed E-state index contributed by atoms with van der Waals surface area (Å²) in [4.78, 5) is 8.91. The van der Waals surface area contributed by atoms with Crippen molar-refractivity contribution < 1.29 is 14.2 Å². The topological polar surface area (TPSA) is 77.0 Å². The summed E-state index contributed by atoms with van der Waals surface area (Å²) >= 11 is 0. The maximum absolute atomic E-state index is 5.81. The fourth-order valence-electron chi connectivity index (χ4n) is 2.86. The highest BCUT2D eigenvalue weighted by Crippen LogP contribution is 2.15. The minimum atomic E-state index is 0. The molecule has 7 nitrogen and oxygen atoms in total. The lowest BCUT2D eigenvalue weighted by molar-refractivity contribution is 0.0203. The Balaban J connectivity index is 0.00000392. The Kier molecular flexibility index (Phi) is 14.0. The molecule has 1 saturated heterocycles. The fraction of sp³-hybridized carbons (Fsp3) is 0.700. The third-order valence-corrected chi connectivity index (χ3v) is 4.34. The maximum atomic E-state index is 5.81. The minimum Gasteiger partial charge on any atom is -0.478 e. The third kappa shape index (κ3) is 9.88. The van der Waals surface area contributed by atoms with Crippen LogP contribution in [0.4, 0.5) is 0 Å². The van der Waals surface area contributed by atoms with Crippen LogP contribution in [0.25, 0.3) is 0 Å². The van der Waals surface area contributed by atoms with Crippen LogP contribution in [0, 0.1) is 5.92 Å². The highest BCUT2D eigenvalue weighted by atomic mass is 127. The second-order valence-corrected chi connectivity index (χ2v) is 6.51. The number of ether oxygens (including phenoxy) is 3. The lowest BCUT2D eigenvalue weighted by atomic mass is 10.0. The van der Waals surface area contributed by atoms with Crippen molar-refractivity contribution in [3.8, 4) is 5.88 Å². The van der Waals surface area contributed by atoms with Gasteiger partial charge in [0.15, 0.2) is 5.96 Å². The SMILES string of the molecule is CCNC(=NCc1cccnc1OCC)NCCCOCC1CCOCC1.I. The van der Waals surface area contributed by atoms with E-state index in [1.165, 1.54) is 0 Å². The number of aromatic nitrogens is 1. The summed E-state index contributed by atoms with van der Waals surface area (Å²) in [5, 5.41) is 6.63. The van der Waals surface area contributed by atoms with Gasteiger partial charge in [0.2, 0.25) is 5.88 Å². The first-order valence-electron chi connectivity index (χ1n) is 10.1. The minimum absolute atomic E-state index is 0. The number of pyridine rings is 1. The average molecular weight is 506 g/mol. The molecule has 8 heteroatoms. The van der Waals surface area contributed by atoms with E-state index in [-0.39, 0.29) is 24.0 Å². The number of hydrogen-bond donors (Lipinski definition) is 2. The van der Waals surface area contributed by atoms with Gasteiger partial charge in [-0.15, -0.1) is 24.0 Å². The molecule has 0 saturated carbocycles. The van der Waals surface area contributed by atoms with E-state index in [9.17, 15) is 0 Å². The summed E-state index contributed by atoms with van der Waals surface area (Å²) in [5.74, 6) is 2.11. The molecule has 0 bridgehead atoms. The number of rotatable bonds is 11. The number of halogens is 1. The molecule has 2 heterocycles. The number of guanidine groups is 1. The Bertz CT molecular complexity index is 554. The summed E-state index contributed by atoms with van der Waals surface area (Å²) < 4.78 is 16.7. The molecule has 1 aromatic heterocycles. The van der Waals surface area contributed by atoms with Crippen LogP contribution in [0.3, 0.4) is 0 Å². The largest absolute Gasteiger partial charge is 0.478 e. The second-order valence-electron chi connectivity index (χ2n) is 6.51. The Morgan fingerprint density at radius 3 is 2.86 bits per heavy atom. The zero-order valence-corrected chi connectivity index (χ0v) is 19.4. The Morgan fingerprint density at radius 2 is 2.11 bits per heavy atom. The molecule has 0 spiro atoms. The van der Waals surface area contributed by atoms with E-state index in [1.54, 1.807) is 6.20 Å². The van der Waals surface area contributed by atoms with Gasteiger partial charge in [-0.05, 0) is 45.1 Å². The first-order chi connectivity index (χ1) is 13.3. The van der Waals surface area contributed by atoms with Gasteiger partial charge in [0.05, 0.1) is 13.2 Å². The van der Waals surface area contributed by atoms with Crippen LogP contribution in [0.2, 0.25) is 0 Å². The number of hydrogen-bond acceptors (Lipinski definition) is 5. The highest BCUT2D eigenvalue weighted by molar-refractivity contribution is 14.0. The van der Waals surface area contributed by atoms with Crippen LogP contribution in [-0.2, 0) is 16.0 Å². The van der Waals surface area contributed by atoms with E-state index >= 15 is 0 Å². The average Bonchev–Trinajstić information content (AvgIpc) is 2.70. The monoisotopic (exact) mass is 506 g/mol. The van der Waals surface area contributed by atoms with Crippen molar-refractivity contribution in [2.75, 3.05) is 46.1 Å². The molecule has 0 amide bonds. The van der Waals surface area contributed by atoms with Crippen LogP contribution in [0.15, 0.2) is 23.3 Å². The zero-order valence-electron chi connectivity index (χ0n) is 17.1. The standard InChI is InChI=1S/C20H34N4O3.HI/c1-3-21-20(24-15-18-7-5-10-22-19(18)27-4-2)23-11-6-12-26-16-17-8-13-25-14-9-17;/h5,7,10,17H,3-4,6,8-9,11-16H2,1-2H3,(H2,21,23,24);1H. The molecule has 0 unspecified atom stereocenters. The summed E-state index contributed by atoms with van der Waals surface area (Å²) in [5.41, 5.74) is 0.983. The van der Waals surface area contributed by atoms with E-state index < -0.39 is 0 Å². The summed E-state index contributed by atoms with van der Waals surface area (Å²) in [7, 11) is 0. The van der Waals surface area contributed by atoms with Crippen LogP contribution in [-0.4, -0.2) is 57.1 Å². The van der Waals surface area contributed by atoms with E-state index in [4.69, 9.17) is 14.2 Å². The van der Waals surface area contributed by atoms with Crippen LogP contribution < -0.4 is 15.4 Å². The second kappa shape index (κ2) is 15.8.